The van der Waals surface area contributed by atoms with Gasteiger partial charge in [-0.05, 0) is 118 Å². The second kappa shape index (κ2) is 14.3. The highest BCUT2D eigenvalue weighted by atomic mass is 15.0. The largest absolute Gasteiger partial charge is 0.309 e. The number of aryl methyl sites for hydroxylation is 2. The molecule has 2 nitrogen and oxygen atoms in total. The molecule has 0 aliphatic rings. The molecule has 0 spiro atoms. The number of aromatic nitrogens is 2. The molecule has 54 heavy (non-hydrogen) atoms. The highest BCUT2D eigenvalue weighted by molar-refractivity contribution is 5.79. The van der Waals surface area contributed by atoms with E-state index in [0.717, 1.165) is 11.4 Å². The predicted octanol–water partition coefficient (Wildman–Crippen LogP) is 13.9. The Morgan fingerprint density at radius 3 is 0.778 bits per heavy atom. The predicted molar refractivity (Wildman–Crippen MR) is 227 cm³/mol. The van der Waals surface area contributed by atoms with E-state index in [1.165, 1.54) is 78.4 Å². The lowest BCUT2D eigenvalue weighted by Gasteiger charge is -2.17. The minimum Gasteiger partial charge on any atom is -0.309 e. The molecule has 258 valence electrons. The van der Waals surface area contributed by atoms with E-state index in [1.54, 1.807) is 0 Å². The summed E-state index contributed by atoms with van der Waals surface area (Å²) in [6.07, 6.45) is 0. The van der Waals surface area contributed by atoms with Crippen LogP contribution in [0.4, 0.5) is 0 Å². The SMILES string of the molecule is Cc1cc(-c2ccc(-n3c(-c4ccccc4)ccc3-c3ccccc3)cc2)c(C)cc1-c1ccc(-n2c(-c3ccccc3)ccc2-c2ccccc2)cc1. The van der Waals surface area contributed by atoms with E-state index in [2.05, 4.69) is 229 Å². The van der Waals surface area contributed by atoms with Crippen LogP contribution in [0.2, 0.25) is 0 Å². The molecule has 9 aromatic rings. The maximum absolute atomic E-state index is 2.37. The van der Waals surface area contributed by atoms with E-state index in [4.69, 9.17) is 0 Å². The van der Waals surface area contributed by atoms with Crippen LogP contribution in [0, 0.1) is 13.8 Å². The monoisotopic (exact) mass is 692 g/mol. The third-order valence-corrected chi connectivity index (χ3v) is 10.5. The van der Waals surface area contributed by atoms with Gasteiger partial charge in [-0.3, -0.25) is 0 Å². The lowest BCUT2D eigenvalue weighted by Crippen LogP contribution is -2.00. The van der Waals surface area contributed by atoms with Crippen LogP contribution in [0.1, 0.15) is 11.1 Å². The molecule has 0 unspecified atom stereocenters. The molecule has 0 N–H and O–H groups in total. The van der Waals surface area contributed by atoms with Gasteiger partial charge in [0.05, 0.1) is 22.8 Å². The maximum atomic E-state index is 2.37. The Balaban J connectivity index is 1.04. The van der Waals surface area contributed by atoms with Crippen LogP contribution >= 0.6 is 0 Å². The van der Waals surface area contributed by atoms with Crippen LogP contribution in [0.15, 0.2) is 206 Å². The average Bonchev–Trinajstić information content (AvgIpc) is 3.89. The van der Waals surface area contributed by atoms with Crippen LogP contribution in [0.3, 0.4) is 0 Å². The molecule has 0 amide bonds. The molecule has 0 saturated heterocycles. The summed E-state index contributed by atoms with van der Waals surface area (Å²) in [5.74, 6) is 0. The fraction of sp³-hybridized carbons (Fsp3) is 0.0385. The second-order valence-electron chi connectivity index (χ2n) is 13.9. The molecule has 7 aromatic carbocycles. The van der Waals surface area contributed by atoms with Crippen molar-refractivity contribution < 1.29 is 0 Å². The van der Waals surface area contributed by atoms with Gasteiger partial charge in [-0.25, -0.2) is 0 Å². The van der Waals surface area contributed by atoms with E-state index in [1.807, 2.05) is 0 Å². The number of nitrogens with zero attached hydrogens (tertiary/aromatic N) is 2. The lowest BCUT2D eigenvalue weighted by molar-refractivity contribution is 1.09. The lowest BCUT2D eigenvalue weighted by atomic mass is 9.92. The standard InChI is InChI=1S/C52H40N2/c1-37-35-48(40-25-29-46(30-26-40)54-51(43-19-11-5-12-20-43)33-34-52(54)44-21-13-6-14-22-44)38(2)36-47(37)39-23-27-45(28-24-39)53-49(41-15-7-3-8-16-41)31-32-50(53)42-17-9-4-10-18-42/h3-36H,1-2H3. The molecule has 0 saturated carbocycles. The van der Waals surface area contributed by atoms with Crippen LogP contribution in [-0.2, 0) is 0 Å². The molecular formula is C52H40N2. The van der Waals surface area contributed by atoms with Gasteiger partial charge in [0.15, 0.2) is 0 Å². The van der Waals surface area contributed by atoms with Gasteiger partial charge in [-0.2, -0.15) is 0 Å². The minimum absolute atomic E-state index is 1.14. The van der Waals surface area contributed by atoms with Gasteiger partial charge in [-0.15, -0.1) is 0 Å². The Morgan fingerprint density at radius 2 is 0.519 bits per heavy atom. The first-order valence-corrected chi connectivity index (χ1v) is 18.6. The zero-order valence-electron chi connectivity index (χ0n) is 30.5. The van der Waals surface area contributed by atoms with Gasteiger partial charge >= 0.3 is 0 Å². The van der Waals surface area contributed by atoms with Crippen molar-refractivity contribution in [2.75, 3.05) is 0 Å². The number of benzene rings is 7. The van der Waals surface area contributed by atoms with Gasteiger partial charge in [-0.1, -0.05) is 158 Å². The van der Waals surface area contributed by atoms with Crippen LogP contribution in [0.25, 0.3) is 78.7 Å². The summed E-state index contributed by atoms with van der Waals surface area (Å²) in [7, 11) is 0. The molecule has 9 rings (SSSR count). The third kappa shape index (κ3) is 6.18. The first kappa shape index (κ1) is 33.0. The van der Waals surface area contributed by atoms with Crippen molar-refractivity contribution in [2.24, 2.45) is 0 Å². The Kier molecular flexibility index (Phi) is 8.70. The number of hydrogen-bond donors (Lipinski definition) is 0. The van der Waals surface area contributed by atoms with Gasteiger partial charge in [0, 0.05) is 11.4 Å². The van der Waals surface area contributed by atoms with E-state index >= 15 is 0 Å². The van der Waals surface area contributed by atoms with Crippen molar-refractivity contribution in [1.82, 2.24) is 9.13 Å². The Morgan fingerprint density at radius 1 is 0.259 bits per heavy atom. The van der Waals surface area contributed by atoms with E-state index < -0.39 is 0 Å². The van der Waals surface area contributed by atoms with Crippen molar-refractivity contribution in [3.8, 4) is 78.7 Å². The molecule has 2 heterocycles. The first-order chi connectivity index (χ1) is 26.6. The highest BCUT2D eigenvalue weighted by Gasteiger charge is 2.17. The van der Waals surface area contributed by atoms with Crippen molar-refractivity contribution in [1.29, 1.82) is 0 Å². The minimum atomic E-state index is 1.14. The number of hydrogen-bond acceptors (Lipinski definition) is 0. The summed E-state index contributed by atoms with van der Waals surface area (Å²) in [6, 6.07) is 74.3. The number of rotatable bonds is 8. The van der Waals surface area contributed by atoms with E-state index in [9.17, 15) is 0 Å². The van der Waals surface area contributed by atoms with Crippen molar-refractivity contribution in [3.63, 3.8) is 0 Å². The van der Waals surface area contributed by atoms with Crippen molar-refractivity contribution in [2.45, 2.75) is 13.8 Å². The quantitative estimate of drug-likeness (QED) is 0.150. The summed E-state index contributed by atoms with van der Waals surface area (Å²) in [5, 5.41) is 0. The molecule has 0 aliphatic carbocycles. The van der Waals surface area contributed by atoms with Gasteiger partial charge in [0.25, 0.3) is 0 Å². The van der Waals surface area contributed by atoms with E-state index in [-0.39, 0.29) is 0 Å². The van der Waals surface area contributed by atoms with Gasteiger partial charge in [0.1, 0.15) is 0 Å². The Labute approximate surface area is 317 Å². The molecule has 2 heteroatoms. The topological polar surface area (TPSA) is 9.86 Å². The molecule has 2 aromatic heterocycles. The van der Waals surface area contributed by atoms with Crippen LogP contribution in [-0.4, -0.2) is 9.13 Å². The summed E-state index contributed by atoms with van der Waals surface area (Å²) in [6.45, 7) is 4.46. The normalized spacial score (nSPS) is 11.1. The van der Waals surface area contributed by atoms with Crippen LogP contribution in [0.5, 0.6) is 0 Å². The first-order valence-electron chi connectivity index (χ1n) is 18.6. The van der Waals surface area contributed by atoms with Crippen molar-refractivity contribution in [3.05, 3.63) is 217 Å². The smallest absolute Gasteiger partial charge is 0.0535 e. The fourth-order valence-corrected chi connectivity index (χ4v) is 7.79. The second-order valence-corrected chi connectivity index (χ2v) is 13.9. The molecule has 0 aliphatic heterocycles. The summed E-state index contributed by atoms with van der Waals surface area (Å²) in [4.78, 5) is 0. The van der Waals surface area contributed by atoms with Gasteiger partial charge in [0.2, 0.25) is 0 Å². The summed E-state index contributed by atoms with van der Waals surface area (Å²) < 4.78 is 4.75. The maximum Gasteiger partial charge on any atom is 0.0535 e. The zero-order valence-corrected chi connectivity index (χ0v) is 30.5. The highest BCUT2D eigenvalue weighted by Crippen LogP contribution is 2.37. The molecular weight excluding hydrogens is 653 g/mol. The average molecular weight is 693 g/mol. The van der Waals surface area contributed by atoms with Gasteiger partial charge < -0.3 is 9.13 Å². The zero-order chi connectivity index (χ0) is 36.4. The molecule has 0 bridgehead atoms. The third-order valence-electron chi connectivity index (χ3n) is 10.5. The molecule has 0 atom stereocenters. The van der Waals surface area contributed by atoms with Crippen LogP contribution < -0.4 is 0 Å². The van der Waals surface area contributed by atoms with Crippen molar-refractivity contribution >= 4 is 0 Å². The fourth-order valence-electron chi connectivity index (χ4n) is 7.79. The summed E-state index contributed by atoms with van der Waals surface area (Å²) >= 11 is 0. The van der Waals surface area contributed by atoms with E-state index in [0.29, 0.717) is 0 Å². The molecule has 0 radical (unpaired) electrons. The summed E-state index contributed by atoms with van der Waals surface area (Å²) in [5.41, 5.74) is 19.2. The Bertz CT molecular complexity index is 2360. The molecule has 0 fully saturated rings. The Hall–Kier alpha value is -6.90.